The maximum atomic E-state index is 15.2. The Morgan fingerprint density at radius 2 is 1.71 bits per heavy atom. The molecular formula is C35H27FIN3O5. The third kappa shape index (κ3) is 5.24. The molecule has 4 aromatic rings. The molecule has 1 aromatic heterocycles. The number of benzene rings is 3. The van der Waals surface area contributed by atoms with E-state index >= 15 is 4.39 Å². The maximum Gasteiger partial charge on any atom is 0.343 e. The normalized spacial score (nSPS) is 17.3. The van der Waals surface area contributed by atoms with E-state index in [1.165, 1.54) is 22.9 Å². The van der Waals surface area contributed by atoms with E-state index in [2.05, 4.69) is 0 Å². The van der Waals surface area contributed by atoms with Crippen molar-refractivity contribution in [1.29, 1.82) is 0 Å². The fourth-order valence-electron chi connectivity index (χ4n) is 5.78. The van der Waals surface area contributed by atoms with Gasteiger partial charge in [0.1, 0.15) is 18.4 Å². The van der Waals surface area contributed by atoms with Crippen LogP contribution in [-0.2, 0) is 33.1 Å². The van der Waals surface area contributed by atoms with Crippen LogP contribution in [0, 0.1) is 5.82 Å². The van der Waals surface area contributed by atoms with Crippen molar-refractivity contribution in [2.75, 3.05) is 11.9 Å². The fourth-order valence-corrected chi connectivity index (χ4v) is 6.71. The molecule has 0 spiro atoms. The van der Waals surface area contributed by atoms with Gasteiger partial charge in [0, 0.05) is 41.6 Å². The molecule has 226 valence electrons. The third-order valence-corrected chi connectivity index (χ3v) is 9.36. The van der Waals surface area contributed by atoms with Gasteiger partial charge >= 0.3 is 5.97 Å². The Balaban J connectivity index is 1.50. The van der Waals surface area contributed by atoms with E-state index in [4.69, 9.17) is 9.73 Å². The SMILES string of the molecule is CC[C@@]1(O)C(=O)OCc2c1ccn(CC1=C(I)C(=C=O)c3cc(F)cc(N=C(c4ccccc4)c4ccccc4)c3N1C)c2=O. The minimum atomic E-state index is -1.90. The van der Waals surface area contributed by atoms with Crippen LogP contribution in [0.5, 0.6) is 0 Å². The summed E-state index contributed by atoms with van der Waals surface area (Å²) in [5, 5.41) is 11.0. The Morgan fingerprint density at radius 3 is 2.31 bits per heavy atom. The van der Waals surface area contributed by atoms with Crippen LogP contribution < -0.4 is 10.5 Å². The van der Waals surface area contributed by atoms with Crippen molar-refractivity contribution in [2.24, 2.45) is 4.99 Å². The van der Waals surface area contributed by atoms with Crippen LogP contribution in [-0.4, -0.2) is 34.3 Å². The number of fused-ring (bicyclic) bond motifs is 2. The highest BCUT2D eigenvalue weighted by Crippen LogP contribution is 2.47. The molecule has 45 heavy (non-hydrogen) atoms. The predicted octanol–water partition coefficient (Wildman–Crippen LogP) is 5.82. The van der Waals surface area contributed by atoms with E-state index in [-0.39, 0.29) is 36.3 Å². The Bertz CT molecular complexity index is 1970. The predicted molar refractivity (Wildman–Crippen MR) is 178 cm³/mol. The van der Waals surface area contributed by atoms with Gasteiger partial charge in [-0.15, -0.1) is 0 Å². The summed E-state index contributed by atoms with van der Waals surface area (Å²) < 4.78 is 22.3. The first-order chi connectivity index (χ1) is 21.7. The van der Waals surface area contributed by atoms with Crippen LogP contribution in [0.1, 0.15) is 41.2 Å². The van der Waals surface area contributed by atoms with Gasteiger partial charge in [-0.3, -0.25) is 4.79 Å². The van der Waals surface area contributed by atoms with Crippen molar-refractivity contribution in [3.8, 4) is 0 Å². The van der Waals surface area contributed by atoms with Gasteiger partial charge in [0.05, 0.1) is 44.0 Å². The fraction of sp³-hybridized carbons (Fsp3) is 0.171. The minimum Gasteiger partial charge on any atom is -0.458 e. The average Bonchev–Trinajstić information content (AvgIpc) is 3.05. The molecule has 10 heteroatoms. The molecule has 3 heterocycles. The number of carbonyl (C=O) groups excluding carboxylic acids is 2. The summed E-state index contributed by atoms with van der Waals surface area (Å²) in [6, 6.07) is 23.3. The Kier molecular flexibility index (Phi) is 8.13. The number of aliphatic imine (C=N–C) groups is 1. The number of esters is 1. The smallest absolute Gasteiger partial charge is 0.343 e. The van der Waals surface area contributed by atoms with Gasteiger partial charge in [-0.05, 0) is 41.1 Å². The molecule has 0 radical (unpaired) electrons. The van der Waals surface area contributed by atoms with Crippen LogP contribution in [0.15, 0.2) is 104 Å². The van der Waals surface area contributed by atoms with Crippen LogP contribution in [0.4, 0.5) is 15.8 Å². The maximum absolute atomic E-state index is 15.2. The number of aliphatic hydroxyl groups is 1. The number of aromatic nitrogens is 1. The van der Waals surface area contributed by atoms with E-state index in [9.17, 15) is 19.5 Å². The summed E-state index contributed by atoms with van der Waals surface area (Å²) >= 11 is 2.01. The van der Waals surface area contributed by atoms with Crippen molar-refractivity contribution in [3.05, 3.63) is 138 Å². The van der Waals surface area contributed by atoms with Gasteiger partial charge in [0.25, 0.3) is 5.56 Å². The number of hydrogen-bond donors (Lipinski definition) is 1. The molecule has 8 nitrogen and oxygen atoms in total. The molecule has 0 aliphatic carbocycles. The van der Waals surface area contributed by atoms with Gasteiger partial charge in [0.15, 0.2) is 5.60 Å². The molecule has 0 fully saturated rings. The van der Waals surface area contributed by atoms with Crippen molar-refractivity contribution in [3.63, 3.8) is 0 Å². The summed E-state index contributed by atoms with van der Waals surface area (Å²) in [4.78, 5) is 45.2. The van der Waals surface area contributed by atoms with E-state index in [1.807, 2.05) is 89.2 Å². The summed E-state index contributed by atoms with van der Waals surface area (Å²) in [6.45, 7) is 1.40. The molecule has 3 aromatic carbocycles. The zero-order chi connectivity index (χ0) is 31.9. The highest BCUT2D eigenvalue weighted by atomic mass is 127. The van der Waals surface area contributed by atoms with Crippen molar-refractivity contribution < 1.29 is 23.8 Å². The quantitative estimate of drug-likeness (QED) is 0.117. The lowest BCUT2D eigenvalue weighted by atomic mass is 9.87. The number of allylic oxidation sites excluding steroid dienone is 3. The molecule has 0 saturated carbocycles. The number of halogens is 2. The standard InChI is InChI=1S/C35H27FIN3O5/c1-3-35(44)27-14-15-40(33(42)26(27)20-45-34(35)43)18-29-30(37)25(19-41)24-16-23(36)17-28(32(24)39(29)2)38-31(21-10-6-4-7-11-21)22-12-8-5-9-13-22/h4-17,44H,3,18,20H2,1-2H3/t35-/m0/s1. The van der Waals surface area contributed by atoms with Crippen LogP contribution in [0.25, 0.3) is 5.57 Å². The number of likely N-dealkylation sites (N-methyl/N-ethyl adjacent to an activating group) is 1. The van der Waals surface area contributed by atoms with Gasteiger partial charge in [-0.2, -0.15) is 0 Å². The second-order valence-corrected chi connectivity index (χ2v) is 11.8. The number of rotatable bonds is 6. The number of nitrogens with zero attached hydrogens (tertiary/aromatic N) is 3. The van der Waals surface area contributed by atoms with Crippen molar-refractivity contribution >= 4 is 57.2 Å². The average molecular weight is 716 g/mol. The molecule has 6 rings (SSSR count). The largest absolute Gasteiger partial charge is 0.458 e. The number of carbonyl (C=O) groups is 1. The second kappa shape index (κ2) is 12.0. The van der Waals surface area contributed by atoms with Crippen LogP contribution in [0.2, 0.25) is 0 Å². The van der Waals surface area contributed by atoms with Crippen molar-refractivity contribution in [2.45, 2.75) is 32.1 Å². The van der Waals surface area contributed by atoms with Gasteiger partial charge in [0.2, 0.25) is 0 Å². The zero-order valence-electron chi connectivity index (χ0n) is 24.4. The highest BCUT2D eigenvalue weighted by Gasteiger charge is 2.44. The first-order valence-corrected chi connectivity index (χ1v) is 15.3. The molecule has 1 N–H and O–H groups in total. The Morgan fingerprint density at radius 1 is 1.07 bits per heavy atom. The van der Waals surface area contributed by atoms with Gasteiger partial charge in [-0.1, -0.05) is 67.6 Å². The van der Waals surface area contributed by atoms with E-state index < -0.39 is 22.9 Å². The number of anilines is 1. The first-order valence-electron chi connectivity index (χ1n) is 14.2. The number of cyclic esters (lactones) is 1. The van der Waals surface area contributed by atoms with Crippen LogP contribution >= 0.6 is 22.6 Å². The van der Waals surface area contributed by atoms with E-state index in [1.54, 1.807) is 24.9 Å². The minimum absolute atomic E-state index is 0.0226. The molecule has 2 aliphatic rings. The lowest BCUT2D eigenvalue weighted by Gasteiger charge is -2.34. The molecule has 2 aliphatic heterocycles. The number of hydrogen-bond acceptors (Lipinski definition) is 7. The molecule has 0 unspecified atom stereocenters. The Hall–Kier alpha value is -4.64. The molecule has 0 bridgehead atoms. The van der Waals surface area contributed by atoms with E-state index in [0.717, 1.165) is 11.1 Å². The summed E-state index contributed by atoms with van der Waals surface area (Å²) in [7, 11) is 1.77. The van der Waals surface area contributed by atoms with Gasteiger partial charge in [-0.25, -0.2) is 19.0 Å². The first kappa shape index (κ1) is 30.4. The Labute approximate surface area is 271 Å². The summed E-state index contributed by atoms with van der Waals surface area (Å²) in [6.07, 6.45) is 1.56. The molecule has 1 atom stereocenters. The third-order valence-electron chi connectivity index (χ3n) is 8.19. The molecular weight excluding hydrogens is 688 g/mol. The van der Waals surface area contributed by atoms with Gasteiger partial charge < -0.3 is 19.3 Å². The number of ether oxygens (including phenoxy) is 1. The topological polar surface area (TPSA) is 101 Å². The number of pyridine rings is 1. The monoisotopic (exact) mass is 715 g/mol. The molecule has 0 amide bonds. The van der Waals surface area contributed by atoms with Crippen molar-refractivity contribution in [1.82, 2.24) is 4.57 Å². The van der Waals surface area contributed by atoms with Crippen LogP contribution in [0.3, 0.4) is 0 Å². The lowest BCUT2D eigenvalue weighted by molar-refractivity contribution is -0.172. The van der Waals surface area contributed by atoms with E-state index in [0.29, 0.717) is 31.9 Å². The summed E-state index contributed by atoms with van der Waals surface area (Å²) in [5.41, 5.74) is 2.16. The summed E-state index contributed by atoms with van der Waals surface area (Å²) in [5.74, 6) is 0.633. The highest BCUT2D eigenvalue weighted by molar-refractivity contribution is 14.1. The lowest BCUT2D eigenvalue weighted by Crippen LogP contribution is -2.44. The second-order valence-electron chi connectivity index (χ2n) is 10.7. The zero-order valence-corrected chi connectivity index (χ0v) is 26.5. The molecule has 0 saturated heterocycles.